The molecule has 0 radical (unpaired) electrons. The van der Waals surface area contributed by atoms with Crippen molar-refractivity contribution in [3.63, 3.8) is 0 Å². The van der Waals surface area contributed by atoms with Gasteiger partial charge in [0, 0.05) is 30.5 Å². The van der Waals surface area contributed by atoms with Gasteiger partial charge in [0.05, 0.1) is 12.0 Å². The summed E-state index contributed by atoms with van der Waals surface area (Å²) in [6, 6.07) is 11.2. The Balaban J connectivity index is 1.06. The number of nitrogens with zero attached hydrogens (tertiary/aromatic N) is 1. The first-order valence-corrected chi connectivity index (χ1v) is 12.9. The first kappa shape index (κ1) is 21.1. The molecule has 3 heterocycles. The van der Waals surface area contributed by atoms with Crippen LogP contribution in [0.25, 0.3) is 0 Å². The number of carbonyl (C=O) groups is 1. The van der Waals surface area contributed by atoms with Crippen molar-refractivity contribution in [2.24, 2.45) is 23.2 Å². The van der Waals surface area contributed by atoms with E-state index in [1.54, 1.807) is 0 Å². The molecule has 5 fully saturated rings. The minimum atomic E-state index is -0.0506. The Kier molecular flexibility index (Phi) is 5.16. The van der Waals surface area contributed by atoms with E-state index in [2.05, 4.69) is 54.4 Å². The highest BCUT2D eigenvalue weighted by Crippen LogP contribution is 2.70. The van der Waals surface area contributed by atoms with Crippen molar-refractivity contribution in [1.82, 2.24) is 10.2 Å². The van der Waals surface area contributed by atoms with Gasteiger partial charge in [-0.2, -0.15) is 0 Å². The van der Waals surface area contributed by atoms with Gasteiger partial charge < -0.3 is 14.8 Å². The number of epoxide rings is 1. The molecular formula is C27H38N2O3. The van der Waals surface area contributed by atoms with Crippen LogP contribution >= 0.6 is 0 Å². The summed E-state index contributed by atoms with van der Waals surface area (Å²) < 4.78 is 12.6. The third kappa shape index (κ3) is 3.26. The van der Waals surface area contributed by atoms with Crippen molar-refractivity contribution >= 4 is 5.97 Å². The summed E-state index contributed by atoms with van der Waals surface area (Å²) in [7, 11) is 0. The third-order valence-corrected chi connectivity index (χ3v) is 9.66. The minimum absolute atomic E-state index is 0.00141. The van der Waals surface area contributed by atoms with Crippen LogP contribution in [0.2, 0.25) is 0 Å². The highest BCUT2D eigenvalue weighted by molar-refractivity contribution is 5.76. The molecule has 0 amide bonds. The molecule has 2 saturated carbocycles. The number of hydrogen-bond acceptors (Lipinski definition) is 5. The summed E-state index contributed by atoms with van der Waals surface area (Å²) in [6.07, 6.45) is 7.27. The normalized spacial score (nSPS) is 43.8. The van der Waals surface area contributed by atoms with E-state index in [1.165, 1.54) is 24.8 Å². The average molecular weight is 439 g/mol. The fourth-order valence-corrected chi connectivity index (χ4v) is 7.90. The van der Waals surface area contributed by atoms with Gasteiger partial charge in [0.2, 0.25) is 0 Å². The van der Waals surface area contributed by atoms with Crippen LogP contribution < -0.4 is 5.32 Å². The molecule has 1 aromatic rings. The molecule has 174 valence electrons. The molecule has 1 N–H and O–H groups in total. The maximum absolute atomic E-state index is 12.9. The molecule has 5 heteroatoms. The van der Waals surface area contributed by atoms with Crippen LogP contribution in [0.3, 0.4) is 0 Å². The number of benzene rings is 1. The number of ether oxygens (including phenoxy) is 2. The second-order valence-electron chi connectivity index (χ2n) is 11.5. The van der Waals surface area contributed by atoms with Crippen molar-refractivity contribution < 1.29 is 14.3 Å². The molecule has 0 bridgehead atoms. The number of rotatable bonds is 5. The predicted octanol–water partition coefficient (Wildman–Crippen LogP) is 3.77. The van der Waals surface area contributed by atoms with E-state index in [-0.39, 0.29) is 41.0 Å². The Bertz CT molecular complexity index is 854. The van der Waals surface area contributed by atoms with Crippen LogP contribution in [0.4, 0.5) is 0 Å². The molecule has 3 saturated heterocycles. The van der Waals surface area contributed by atoms with E-state index in [0.717, 1.165) is 45.4 Å². The van der Waals surface area contributed by atoms with E-state index < -0.39 is 0 Å². The summed E-state index contributed by atoms with van der Waals surface area (Å²) >= 11 is 0. The van der Waals surface area contributed by atoms with E-state index in [1.807, 2.05) is 0 Å². The summed E-state index contributed by atoms with van der Waals surface area (Å²) in [6.45, 7) is 8.75. The number of carbonyl (C=O) groups excluding carboxylic acids is 1. The predicted molar refractivity (Wildman–Crippen MR) is 123 cm³/mol. The Hall–Kier alpha value is -1.43. The first-order valence-electron chi connectivity index (χ1n) is 12.9. The van der Waals surface area contributed by atoms with Gasteiger partial charge in [-0.1, -0.05) is 50.6 Å². The molecule has 3 aliphatic heterocycles. The zero-order valence-electron chi connectivity index (χ0n) is 19.6. The molecule has 7 unspecified atom stereocenters. The lowest BCUT2D eigenvalue weighted by Crippen LogP contribution is -2.55. The van der Waals surface area contributed by atoms with Crippen molar-refractivity contribution in [3.8, 4) is 0 Å². The van der Waals surface area contributed by atoms with Crippen LogP contribution in [0.1, 0.15) is 57.9 Å². The maximum atomic E-state index is 12.9. The van der Waals surface area contributed by atoms with Gasteiger partial charge >= 0.3 is 5.97 Å². The number of fused-ring (bicyclic) bond motifs is 2. The average Bonchev–Trinajstić information content (AvgIpc) is 3.47. The number of likely N-dealkylation sites (tertiary alicyclic amines) is 1. The topological polar surface area (TPSA) is 54.1 Å². The molecular weight excluding hydrogens is 400 g/mol. The van der Waals surface area contributed by atoms with Gasteiger partial charge in [-0.3, -0.25) is 9.69 Å². The van der Waals surface area contributed by atoms with Crippen molar-refractivity contribution in [3.05, 3.63) is 35.9 Å². The quantitative estimate of drug-likeness (QED) is 0.560. The van der Waals surface area contributed by atoms with Crippen molar-refractivity contribution in [2.45, 2.75) is 82.8 Å². The highest BCUT2D eigenvalue weighted by atomic mass is 16.6. The Labute approximate surface area is 192 Å². The van der Waals surface area contributed by atoms with Crippen LogP contribution in [0.15, 0.2) is 30.3 Å². The van der Waals surface area contributed by atoms with Crippen LogP contribution in [-0.4, -0.2) is 54.4 Å². The minimum Gasteiger partial charge on any atom is -0.462 e. The monoisotopic (exact) mass is 438 g/mol. The third-order valence-electron chi connectivity index (χ3n) is 9.66. The number of hydrogen-bond donors (Lipinski definition) is 1. The van der Waals surface area contributed by atoms with Gasteiger partial charge in [0.25, 0.3) is 0 Å². The maximum Gasteiger partial charge on any atom is 0.311 e. The largest absolute Gasteiger partial charge is 0.462 e. The van der Waals surface area contributed by atoms with Crippen LogP contribution in [0.5, 0.6) is 0 Å². The lowest BCUT2D eigenvalue weighted by atomic mass is 9.53. The molecule has 5 aliphatic rings. The van der Waals surface area contributed by atoms with Crippen LogP contribution in [-0.2, 0) is 20.8 Å². The number of piperidine rings is 1. The van der Waals surface area contributed by atoms with E-state index in [9.17, 15) is 4.79 Å². The molecule has 32 heavy (non-hydrogen) atoms. The lowest BCUT2D eigenvalue weighted by molar-refractivity contribution is -0.146. The lowest BCUT2D eigenvalue weighted by Gasteiger charge is -2.48. The van der Waals surface area contributed by atoms with Gasteiger partial charge in [-0.25, -0.2) is 0 Å². The fourth-order valence-electron chi connectivity index (χ4n) is 7.90. The Morgan fingerprint density at radius 1 is 1.16 bits per heavy atom. The van der Waals surface area contributed by atoms with E-state index in [0.29, 0.717) is 12.0 Å². The first-order chi connectivity index (χ1) is 15.5. The van der Waals surface area contributed by atoms with Crippen LogP contribution in [0, 0.1) is 23.2 Å². The van der Waals surface area contributed by atoms with Gasteiger partial charge in [0.1, 0.15) is 11.7 Å². The van der Waals surface area contributed by atoms with Gasteiger partial charge in [-0.05, 0) is 56.7 Å². The summed E-state index contributed by atoms with van der Waals surface area (Å²) in [5.41, 5.74) is 1.56. The Morgan fingerprint density at radius 3 is 2.72 bits per heavy atom. The molecule has 1 spiro atoms. The summed E-state index contributed by atoms with van der Waals surface area (Å²) in [5, 5.41) is 3.76. The highest BCUT2D eigenvalue weighted by Gasteiger charge is 2.78. The van der Waals surface area contributed by atoms with Gasteiger partial charge in [0.15, 0.2) is 0 Å². The Morgan fingerprint density at radius 2 is 1.94 bits per heavy atom. The van der Waals surface area contributed by atoms with Crippen molar-refractivity contribution in [1.29, 1.82) is 0 Å². The summed E-state index contributed by atoms with van der Waals surface area (Å²) in [5.74, 6) is 0.784. The fraction of sp³-hybridized carbons (Fsp3) is 0.741. The second-order valence-corrected chi connectivity index (χ2v) is 11.5. The second kappa shape index (κ2) is 7.82. The molecule has 2 aliphatic carbocycles. The van der Waals surface area contributed by atoms with Gasteiger partial charge in [-0.15, -0.1) is 0 Å². The molecule has 0 aromatic heterocycles. The smallest absolute Gasteiger partial charge is 0.311 e. The summed E-state index contributed by atoms with van der Waals surface area (Å²) in [4.78, 5) is 15.4. The molecule has 1 aromatic carbocycles. The van der Waals surface area contributed by atoms with E-state index in [4.69, 9.17) is 9.47 Å². The number of esters is 1. The van der Waals surface area contributed by atoms with Crippen molar-refractivity contribution in [2.75, 3.05) is 19.6 Å². The SMILES string of the molecule is CC1CCCC2(C)CC3OC(=O)C(CNC4CCN(Cc5ccccc5)CC4)C3C3OC132. The molecule has 7 atom stereocenters. The number of nitrogens with one attached hydrogen (secondary N) is 1. The van der Waals surface area contributed by atoms with E-state index >= 15 is 0 Å². The zero-order chi connectivity index (χ0) is 21.9. The molecule has 5 nitrogen and oxygen atoms in total. The molecule has 6 rings (SSSR count). The zero-order valence-corrected chi connectivity index (χ0v) is 19.6. The standard InChI is InChI=1S/C27H38N2O3/c1-18-7-6-12-26(2)15-22-23(24-27(18,26)32-24)21(25(30)31-22)16-28-20-10-13-29(14-11-20)17-19-8-4-3-5-9-19/h3-5,8-9,18,20-24,28H,6-7,10-17H2,1-2H3.